The number of aliphatic hydroxyl groups excluding tert-OH is 1. The predicted octanol–water partition coefficient (Wildman–Crippen LogP) is 3.86. The van der Waals surface area contributed by atoms with Gasteiger partial charge in [0.2, 0.25) is 0 Å². The molecule has 0 amide bonds. The number of nitrogens with one attached hydrogen (secondary N) is 1. The first-order valence-corrected chi connectivity index (χ1v) is 8.69. The molecule has 1 saturated carbocycles. The van der Waals surface area contributed by atoms with Crippen molar-refractivity contribution < 1.29 is 9.84 Å². The molecule has 1 aromatic carbocycles. The molecule has 1 aliphatic carbocycles. The van der Waals surface area contributed by atoms with Crippen LogP contribution in [0, 0.1) is 5.92 Å². The molecule has 2 rings (SSSR count). The van der Waals surface area contributed by atoms with E-state index in [4.69, 9.17) is 4.74 Å². The van der Waals surface area contributed by atoms with Crippen molar-refractivity contribution in [1.82, 2.24) is 5.32 Å². The van der Waals surface area contributed by atoms with E-state index in [2.05, 4.69) is 49.3 Å². The van der Waals surface area contributed by atoms with Gasteiger partial charge in [-0.1, -0.05) is 6.42 Å². The van der Waals surface area contributed by atoms with E-state index in [1.54, 1.807) is 0 Å². The molecule has 1 aliphatic rings. The summed E-state index contributed by atoms with van der Waals surface area (Å²) in [5.41, 5.74) is 1.20. The van der Waals surface area contributed by atoms with Crippen LogP contribution in [-0.2, 0) is 6.54 Å². The Balaban J connectivity index is 1.99. The fraction of sp³-hybridized carbons (Fsp3) is 0.600. The van der Waals surface area contributed by atoms with Crippen LogP contribution in [0.1, 0.15) is 31.7 Å². The molecule has 0 saturated heterocycles. The average molecular weight is 407 g/mol. The van der Waals surface area contributed by atoms with Gasteiger partial charge in [0.15, 0.2) is 0 Å². The van der Waals surface area contributed by atoms with E-state index >= 15 is 0 Å². The fourth-order valence-corrected chi connectivity index (χ4v) is 4.28. The third kappa shape index (κ3) is 3.97. The van der Waals surface area contributed by atoms with Gasteiger partial charge in [-0.05, 0) is 75.2 Å². The highest BCUT2D eigenvalue weighted by Gasteiger charge is 2.25. The summed E-state index contributed by atoms with van der Waals surface area (Å²) in [7, 11) is 0. The molecule has 1 aromatic rings. The van der Waals surface area contributed by atoms with Crippen molar-refractivity contribution in [1.29, 1.82) is 0 Å². The molecule has 112 valence electrons. The van der Waals surface area contributed by atoms with Crippen LogP contribution in [-0.4, -0.2) is 24.4 Å². The summed E-state index contributed by atoms with van der Waals surface area (Å²) in [6.07, 6.45) is 3.50. The van der Waals surface area contributed by atoms with Crippen LogP contribution in [0.2, 0.25) is 0 Å². The first kappa shape index (κ1) is 16.3. The largest absolute Gasteiger partial charge is 0.492 e. The van der Waals surface area contributed by atoms with Crippen molar-refractivity contribution in [2.24, 2.45) is 5.92 Å². The van der Waals surface area contributed by atoms with E-state index < -0.39 is 0 Å². The van der Waals surface area contributed by atoms with Crippen molar-refractivity contribution in [3.8, 4) is 5.75 Å². The van der Waals surface area contributed by atoms with Crippen LogP contribution in [0.5, 0.6) is 5.75 Å². The molecule has 20 heavy (non-hydrogen) atoms. The Morgan fingerprint density at radius 1 is 1.30 bits per heavy atom. The monoisotopic (exact) mass is 405 g/mol. The molecule has 0 aromatic heterocycles. The summed E-state index contributed by atoms with van der Waals surface area (Å²) >= 11 is 7.11. The lowest BCUT2D eigenvalue weighted by molar-refractivity contribution is 0.205. The number of ether oxygens (including phenoxy) is 1. The van der Waals surface area contributed by atoms with Crippen molar-refractivity contribution in [3.63, 3.8) is 0 Å². The number of hydrogen-bond donors (Lipinski definition) is 2. The summed E-state index contributed by atoms with van der Waals surface area (Å²) in [5.74, 6) is 1.26. The highest BCUT2D eigenvalue weighted by Crippen LogP contribution is 2.35. The molecule has 0 spiro atoms. The zero-order valence-corrected chi connectivity index (χ0v) is 14.8. The van der Waals surface area contributed by atoms with Crippen LogP contribution in [0.4, 0.5) is 0 Å². The summed E-state index contributed by atoms with van der Waals surface area (Å²) in [5, 5.41) is 12.9. The highest BCUT2D eigenvalue weighted by atomic mass is 79.9. The van der Waals surface area contributed by atoms with E-state index in [9.17, 15) is 5.11 Å². The predicted molar refractivity (Wildman–Crippen MR) is 88.1 cm³/mol. The van der Waals surface area contributed by atoms with Crippen LogP contribution >= 0.6 is 31.9 Å². The second-order valence-electron chi connectivity index (χ2n) is 5.18. The van der Waals surface area contributed by atoms with Crippen LogP contribution in [0.3, 0.4) is 0 Å². The minimum absolute atomic E-state index is 0.286. The molecule has 2 atom stereocenters. The van der Waals surface area contributed by atoms with Gasteiger partial charge >= 0.3 is 0 Å². The van der Waals surface area contributed by atoms with Gasteiger partial charge in [0.25, 0.3) is 0 Å². The lowest BCUT2D eigenvalue weighted by Crippen LogP contribution is -2.33. The molecular formula is C15H21Br2NO2. The molecule has 0 aliphatic heterocycles. The van der Waals surface area contributed by atoms with Gasteiger partial charge in [-0.25, -0.2) is 0 Å². The number of hydrogen-bond acceptors (Lipinski definition) is 3. The maximum atomic E-state index is 9.35. The van der Waals surface area contributed by atoms with Gasteiger partial charge in [0.1, 0.15) is 5.75 Å². The molecule has 3 nitrogen and oxygen atoms in total. The molecule has 2 unspecified atom stereocenters. The van der Waals surface area contributed by atoms with Crippen molar-refractivity contribution in [3.05, 3.63) is 26.6 Å². The Hall–Kier alpha value is -0.100. The third-order valence-electron chi connectivity index (χ3n) is 3.81. The highest BCUT2D eigenvalue weighted by molar-refractivity contribution is 9.11. The standard InChI is InChI=1S/C15H21Br2NO2/c1-2-20-15-12(16)6-10(7-13(15)17)8-18-14-5-3-4-11(14)9-19/h6-7,11,14,18-19H,2-5,8-9H2,1H3. The van der Waals surface area contributed by atoms with Gasteiger partial charge in [-0.3, -0.25) is 0 Å². The van der Waals surface area contributed by atoms with Gasteiger partial charge in [0, 0.05) is 19.2 Å². The number of benzene rings is 1. The lowest BCUT2D eigenvalue weighted by Gasteiger charge is -2.19. The van der Waals surface area contributed by atoms with E-state index in [1.165, 1.54) is 12.0 Å². The van der Waals surface area contributed by atoms with E-state index in [0.29, 0.717) is 18.6 Å². The number of halogens is 2. The Bertz CT molecular complexity index is 430. The second kappa shape index (κ2) is 7.78. The SMILES string of the molecule is CCOc1c(Br)cc(CNC2CCCC2CO)cc1Br. The Kier molecular flexibility index (Phi) is 6.33. The zero-order chi connectivity index (χ0) is 14.5. The summed E-state index contributed by atoms with van der Waals surface area (Å²) < 4.78 is 7.52. The maximum Gasteiger partial charge on any atom is 0.147 e. The minimum Gasteiger partial charge on any atom is -0.492 e. The normalized spacial score (nSPS) is 22.2. The first-order valence-electron chi connectivity index (χ1n) is 7.10. The van der Waals surface area contributed by atoms with Crippen LogP contribution in [0.15, 0.2) is 21.1 Å². The zero-order valence-electron chi connectivity index (χ0n) is 11.7. The van der Waals surface area contributed by atoms with Crippen LogP contribution in [0.25, 0.3) is 0 Å². The third-order valence-corrected chi connectivity index (χ3v) is 4.99. The number of rotatable bonds is 6. The Morgan fingerprint density at radius 2 is 2.00 bits per heavy atom. The molecule has 0 heterocycles. The topological polar surface area (TPSA) is 41.5 Å². The molecule has 0 radical (unpaired) electrons. The van der Waals surface area contributed by atoms with Gasteiger partial charge < -0.3 is 15.2 Å². The molecule has 5 heteroatoms. The quantitative estimate of drug-likeness (QED) is 0.753. The fourth-order valence-electron chi connectivity index (χ4n) is 2.77. The van der Waals surface area contributed by atoms with E-state index in [0.717, 1.165) is 34.1 Å². The van der Waals surface area contributed by atoms with Crippen molar-refractivity contribution >= 4 is 31.9 Å². The van der Waals surface area contributed by atoms with E-state index in [1.807, 2.05) is 6.92 Å². The first-order chi connectivity index (χ1) is 9.65. The van der Waals surface area contributed by atoms with Crippen molar-refractivity contribution in [2.45, 2.75) is 38.8 Å². The maximum absolute atomic E-state index is 9.35. The Labute approximate surface area is 137 Å². The summed E-state index contributed by atoms with van der Waals surface area (Å²) in [6.45, 7) is 3.72. The number of aliphatic hydroxyl groups is 1. The van der Waals surface area contributed by atoms with Gasteiger partial charge in [-0.15, -0.1) is 0 Å². The van der Waals surface area contributed by atoms with Gasteiger partial charge in [0.05, 0.1) is 15.6 Å². The van der Waals surface area contributed by atoms with Gasteiger partial charge in [-0.2, -0.15) is 0 Å². The molecule has 2 N–H and O–H groups in total. The molecule has 1 fully saturated rings. The van der Waals surface area contributed by atoms with Crippen LogP contribution < -0.4 is 10.1 Å². The smallest absolute Gasteiger partial charge is 0.147 e. The molecule has 0 bridgehead atoms. The summed E-state index contributed by atoms with van der Waals surface area (Å²) in [4.78, 5) is 0. The minimum atomic E-state index is 0.286. The Morgan fingerprint density at radius 3 is 2.60 bits per heavy atom. The van der Waals surface area contributed by atoms with Crippen molar-refractivity contribution in [2.75, 3.05) is 13.2 Å². The molecular weight excluding hydrogens is 386 g/mol. The van der Waals surface area contributed by atoms with E-state index in [-0.39, 0.29) is 6.61 Å². The average Bonchev–Trinajstić information content (AvgIpc) is 2.88. The lowest BCUT2D eigenvalue weighted by atomic mass is 10.0. The summed E-state index contributed by atoms with van der Waals surface area (Å²) in [6, 6.07) is 4.61. The second-order valence-corrected chi connectivity index (χ2v) is 6.89.